The number of ether oxygens (including phenoxy) is 1. The molecule has 0 aromatic carbocycles. The molecule has 1 heterocycles. The van der Waals surface area contributed by atoms with E-state index in [1.807, 2.05) is 20.8 Å². The minimum Gasteiger partial charge on any atom is -0.444 e. The normalized spacial score (nSPS) is 20.7. The molecule has 1 aliphatic rings. The molecule has 2 atom stereocenters. The molecule has 0 saturated carbocycles. The Morgan fingerprint density at radius 3 is 2.61 bits per heavy atom. The van der Waals surface area contributed by atoms with Gasteiger partial charge in [0.2, 0.25) is 5.91 Å². The van der Waals surface area contributed by atoms with E-state index in [0.29, 0.717) is 12.6 Å². The molecular weight excluding hydrogens is 294 g/mol. The molecule has 0 aromatic heterocycles. The van der Waals surface area contributed by atoms with Gasteiger partial charge in [0.05, 0.1) is 0 Å². The molecule has 23 heavy (non-hydrogen) atoms. The highest BCUT2D eigenvalue weighted by molar-refractivity contribution is 5.77. The van der Waals surface area contributed by atoms with Gasteiger partial charge in [0.1, 0.15) is 5.60 Å². The molecule has 0 spiro atoms. The summed E-state index contributed by atoms with van der Waals surface area (Å²) >= 11 is 0. The maximum absolute atomic E-state index is 11.8. The van der Waals surface area contributed by atoms with E-state index in [1.165, 1.54) is 12.8 Å². The molecule has 0 bridgehead atoms. The lowest BCUT2D eigenvalue weighted by Crippen LogP contribution is -2.46. The summed E-state index contributed by atoms with van der Waals surface area (Å²) in [7, 11) is 0. The van der Waals surface area contributed by atoms with Gasteiger partial charge in [-0.2, -0.15) is 0 Å². The average Bonchev–Trinajstić information content (AvgIpc) is 2.42. The Kier molecular flexibility index (Phi) is 7.82. The van der Waals surface area contributed by atoms with Crippen molar-refractivity contribution in [3.63, 3.8) is 0 Å². The topological polar surface area (TPSA) is 70.7 Å². The first-order chi connectivity index (χ1) is 10.7. The fourth-order valence-corrected chi connectivity index (χ4v) is 2.70. The number of likely N-dealkylation sites (tertiary alicyclic amines) is 1. The van der Waals surface area contributed by atoms with Crippen molar-refractivity contribution < 1.29 is 14.3 Å². The van der Waals surface area contributed by atoms with Crippen LogP contribution in [0.25, 0.3) is 0 Å². The third-order valence-electron chi connectivity index (χ3n) is 3.93. The number of rotatable bonds is 6. The Hall–Kier alpha value is -1.30. The molecule has 6 heteroatoms. The number of nitrogens with zero attached hydrogens (tertiary/aromatic N) is 1. The lowest BCUT2D eigenvalue weighted by atomic mass is 9.99. The predicted octanol–water partition coefficient (Wildman–Crippen LogP) is 2.14. The average molecular weight is 327 g/mol. The van der Waals surface area contributed by atoms with Crippen LogP contribution in [-0.2, 0) is 9.53 Å². The zero-order valence-corrected chi connectivity index (χ0v) is 15.3. The maximum atomic E-state index is 11.8. The van der Waals surface area contributed by atoms with Crippen LogP contribution in [0.1, 0.15) is 53.9 Å². The molecule has 0 aliphatic carbocycles. The minimum absolute atomic E-state index is 0.0435. The van der Waals surface area contributed by atoms with Crippen molar-refractivity contribution in [2.24, 2.45) is 5.92 Å². The first-order valence-electron chi connectivity index (χ1n) is 8.65. The van der Waals surface area contributed by atoms with Crippen LogP contribution < -0.4 is 10.6 Å². The fourth-order valence-electron chi connectivity index (χ4n) is 2.70. The van der Waals surface area contributed by atoms with E-state index in [-0.39, 0.29) is 18.9 Å². The van der Waals surface area contributed by atoms with Gasteiger partial charge in [0.15, 0.2) is 0 Å². The standard InChI is InChI=1S/C17H33N3O3/c1-13-7-6-10-20(12-13)14(2)11-19-15(21)8-9-18-16(22)23-17(3,4)5/h13-14H,6-12H2,1-5H3,(H,18,22)(H,19,21)/t13-,14-/m1/s1. The third-order valence-corrected chi connectivity index (χ3v) is 3.93. The summed E-state index contributed by atoms with van der Waals surface area (Å²) in [6, 6.07) is 0.348. The lowest BCUT2D eigenvalue weighted by molar-refractivity contribution is -0.121. The number of carbonyl (C=O) groups is 2. The molecule has 1 aliphatic heterocycles. The van der Waals surface area contributed by atoms with Crippen molar-refractivity contribution in [3.8, 4) is 0 Å². The van der Waals surface area contributed by atoms with Crippen LogP contribution in [0.5, 0.6) is 0 Å². The molecule has 0 unspecified atom stereocenters. The Balaban J connectivity index is 2.15. The van der Waals surface area contributed by atoms with E-state index in [1.54, 1.807) is 0 Å². The molecule has 0 radical (unpaired) electrons. The summed E-state index contributed by atoms with van der Waals surface area (Å²) in [4.78, 5) is 25.7. The van der Waals surface area contributed by atoms with Crippen LogP contribution in [0.3, 0.4) is 0 Å². The second kappa shape index (κ2) is 9.11. The lowest BCUT2D eigenvalue weighted by Gasteiger charge is -2.35. The number of hydrogen-bond acceptors (Lipinski definition) is 4. The first kappa shape index (κ1) is 19.7. The molecular formula is C17H33N3O3. The van der Waals surface area contributed by atoms with E-state index < -0.39 is 11.7 Å². The van der Waals surface area contributed by atoms with Crippen LogP contribution in [-0.4, -0.2) is 54.7 Å². The molecule has 2 amide bonds. The number of amides is 2. The Bertz CT molecular complexity index is 393. The molecule has 1 fully saturated rings. The van der Waals surface area contributed by atoms with Gasteiger partial charge in [-0.25, -0.2) is 4.79 Å². The smallest absolute Gasteiger partial charge is 0.407 e. The van der Waals surface area contributed by atoms with Crippen molar-refractivity contribution >= 4 is 12.0 Å². The molecule has 1 saturated heterocycles. The van der Waals surface area contributed by atoms with Crippen LogP contribution in [0.15, 0.2) is 0 Å². The first-order valence-corrected chi connectivity index (χ1v) is 8.65. The van der Waals surface area contributed by atoms with E-state index in [0.717, 1.165) is 19.0 Å². The largest absolute Gasteiger partial charge is 0.444 e. The van der Waals surface area contributed by atoms with Gasteiger partial charge < -0.3 is 15.4 Å². The third kappa shape index (κ3) is 8.79. The molecule has 1 rings (SSSR count). The van der Waals surface area contributed by atoms with Gasteiger partial charge in [-0.05, 0) is 53.0 Å². The van der Waals surface area contributed by atoms with Crippen LogP contribution >= 0.6 is 0 Å². The summed E-state index contributed by atoms with van der Waals surface area (Å²) in [5.41, 5.74) is -0.520. The van der Waals surface area contributed by atoms with Gasteiger partial charge >= 0.3 is 6.09 Å². The SMILES string of the molecule is C[C@@H]1CCCN([C@H](C)CNC(=O)CCNC(=O)OC(C)(C)C)C1. The highest BCUT2D eigenvalue weighted by Gasteiger charge is 2.21. The zero-order valence-electron chi connectivity index (χ0n) is 15.3. The van der Waals surface area contributed by atoms with Gasteiger partial charge in [-0.3, -0.25) is 9.69 Å². The summed E-state index contributed by atoms with van der Waals surface area (Å²) in [5, 5.41) is 5.54. The number of alkyl carbamates (subject to hydrolysis) is 1. The Morgan fingerprint density at radius 2 is 2.00 bits per heavy atom. The molecule has 6 nitrogen and oxygen atoms in total. The predicted molar refractivity (Wildman–Crippen MR) is 91.3 cm³/mol. The van der Waals surface area contributed by atoms with E-state index in [9.17, 15) is 9.59 Å². The van der Waals surface area contributed by atoms with E-state index in [2.05, 4.69) is 29.4 Å². The number of piperidine rings is 1. The second-order valence-electron chi connectivity index (χ2n) is 7.57. The summed E-state index contributed by atoms with van der Waals surface area (Å²) in [6.45, 7) is 13.0. The van der Waals surface area contributed by atoms with Gasteiger partial charge in [0.25, 0.3) is 0 Å². The van der Waals surface area contributed by atoms with Crippen molar-refractivity contribution in [2.45, 2.75) is 65.5 Å². The van der Waals surface area contributed by atoms with Crippen molar-refractivity contribution in [1.29, 1.82) is 0 Å². The maximum Gasteiger partial charge on any atom is 0.407 e. The Morgan fingerprint density at radius 1 is 1.30 bits per heavy atom. The number of nitrogens with one attached hydrogen (secondary N) is 2. The second-order valence-corrected chi connectivity index (χ2v) is 7.57. The van der Waals surface area contributed by atoms with E-state index in [4.69, 9.17) is 4.74 Å². The summed E-state index contributed by atoms with van der Waals surface area (Å²) in [5.74, 6) is 0.692. The molecule has 2 N–H and O–H groups in total. The fraction of sp³-hybridized carbons (Fsp3) is 0.882. The van der Waals surface area contributed by atoms with Crippen molar-refractivity contribution in [2.75, 3.05) is 26.2 Å². The van der Waals surface area contributed by atoms with E-state index >= 15 is 0 Å². The van der Waals surface area contributed by atoms with Crippen molar-refractivity contribution in [3.05, 3.63) is 0 Å². The Labute approximate surface area is 140 Å². The number of carbonyl (C=O) groups excluding carboxylic acids is 2. The van der Waals surface area contributed by atoms with Crippen LogP contribution in [0.2, 0.25) is 0 Å². The highest BCUT2D eigenvalue weighted by atomic mass is 16.6. The van der Waals surface area contributed by atoms with Gasteiger partial charge in [0, 0.05) is 32.1 Å². The number of hydrogen-bond donors (Lipinski definition) is 2. The van der Waals surface area contributed by atoms with Crippen LogP contribution in [0.4, 0.5) is 4.79 Å². The molecule has 0 aromatic rings. The minimum atomic E-state index is -0.520. The monoisotopic (exact) mass is 327 g/mol. The van der Waals surface area contributed by atoms with Gasteiger partial charge in [-0.15, -0.1) is 0 Å². The zero-order chi connectivity index (χ0) is 17.5. The van der Waals surface area contributed by atoms with Crippen LogP contribution in [0, 0.1) is 5.92 Å². The van der Waals surface area contributed by atoms with Crippen molar-refractivity contribution in [1.82, 2.24) is 15.5 Å². The molecule has 134 valence electrons. The van der Waals surface area contributed by atoms with Gasteiger partial charge in [-0.1, -0.05) is 6.92 Å². The highest BCUT2D eigenvalue weighted by Crippen LogP contribution is 2.17. The quantitative estimate of drug-likeness (QED) is 0.784. The summed E-state index contributed by atoms with van der Waals surface area (Å²) in [6.07, 6.45) is 2.31. The summed E-state index contributed by atoms with van der Waals surface area (Å²) < 4.78 is 5.12.